The summed E-state index contributed by atoms with van der Waals surface area (Å²) in [5.74, 6) is 0.788. The van der Waals surface area contributed by atoms with Gasteiger partial charge in [-0.3, -0.25) is 4.79 Å². The van der Waals surface area contributed by atoms with Crippen LogP contribution in [0.1, 0.15) is 52.1 Å². The smallest absolute Gasteiger partial charge is 0.343 e. The summed E-state index contributed by atoms with van der Waals surface area (Å²) in [7, 11) is 0. The molecule has 4 aromatic rings. The lowest BCUT2D eigenvalue weighted by molar-refractivity contribution is 0.0728. The molecule has 4 rings (SSSR count). The van der Waals surface area contributed by atoms with E-state index >= 15 is 0 Å². The second-order valence-corrected chi connectivity index (χ2v) is 9.45. The van der Waals surface area contributed by atoms with Crippen LogP contribution in [0.3, 0.4) is 0 Å². The third-order valence-corrected chi connectivity index (χ3v) is 6.10. The van der Waals surface area contributed by atoms with Crippen LogP contribution >= 0.6 is 11.6 Å². The summed E-state index contributed by atoms with van der Waals surface area (Å²) in [4.78, 5) is 25.6. The molecule has 0 aromatic heterocycles. The van der Waals surface area contributed by atoms with Crippen molar-refractivity contribution in [2.24, 2.45) is 5.10 Å². The number of para-hydroxylation sites is 1. The number of hydrogen-bond donors (Lipinski definition) is 1. The molecule has 4 aromatic carbocycles. The second-order valence-electron chi connectivity index (χ2n) is 9.01. The first kappa shape index (κ1) is 30.1. The van der Waals surface area contributed by atoms with Crippen LogP contribution in [-0.2, 0) is 6.61 Å². The average Bonchev–Trinajstić information content (AvgIpc) is 3.01. The van der Waals surface area contributed by atoms with Crippen LogP contribution < -0.4 is 24.4 Å². The molecule has 1 amide bonds. The van der Waals surface area contributed by atoms with Crippen molar-refractivity contribution >= 4 is 29.7 Å². The highest BCUT2D eigenvalue weighted by atomic mass is 35.5. The van der Waals surface area contributed by atoms with Gasteiger partial charge in [0, 0.05) is 5.02 Å². The van der Waals surface area contributed by atoms with Gasteiger partial charge in [0.25, 0.3) is 5.91 Å². The highest BCUT2D eigenvalue weighted by Gasteiger charge is 2.14. The minimum Gasteiger partial charge on any atom is -0.494 e. The van der Waals surface area contributed by atoms with Crippen molar-refractivity contribution in [2.45, 2.75) is 26.9 Å². The highest BCUT2D eigenvalue weighted by Crippen LogP contribution is 2.29. The molecule has 0 heterocycles. The van der Waals surface area contributed by atoms with Gasteiger partial charge < -0.3 is 18.9 Å². The summed E-state index contributed by atoms with van der Waals surface area (Å²) in [5.41, 5.74) is 4.79. The molecule has 0 unspecified atom stereocenters. The molecule has 0 saturated carbocycles. The van der Waals surface area contributed by atoms with Crippen LogP contribution in [0.15, 0.2) is 96.1 Å². The van der Waals surface area contributed by atoms with Crippen LogP contribution in [0.2, 0.25) is 5.02 Å². The Morgan fingerprint density at radius 2 is 1.60 bits per heavy atom. The Hall–Kier alpha value is -4.82. The molecule has 216 valence electrons. The predicted octanol–water partition coefficient (Wildman–Crippen LogP) is 7.09. The number of amides is 1. The van der Waals surface area contributed by atoms with Gasteiger partial charge in [-0.2, -0.15) is 5.10 Å². The Morgan fingerprint density at radius 3 is 2.33 bits per heavy atom. The van der Waals surface area contributed by atoms with E-state index in [9.17, 15) is 9.59 Å². The van der Waals surface area contributed by atoms with Crippen molar-refractivity contribution in [3.8, 4) is 23.0 Å². The van der Waals surface area contributed by atoms with E-state index in [0.29, 0.717) is 52.2 Å². The zero-order chi connectivity index (χ0) is 29.7. The van der Waals surface area contributed by atoms with E-state index in [1.165, 1.54) is 6.21 Å². The van der Waals surface area contributed by atoms with E-state index in [-0.39, 0.29) is 12.4 Å². The van der Waals surface area contributed by atoms with Gasteiger partial charge in [-0.1, -0.05) is 42.8 Å². The van der Waals surface area contributed by atoms with Crippen LogP contribution in [-0.4, -0.2) is 31.3 Å². The van der Waals surface area contributed by atoms with Gasteiger partial charge in [-0.25, -0.2) is 10.2 Å². The Kier molecular flexibility index (Phi) is 10.9. The maximum atomic E-state index is 12.9. The molecule has 9 heteroatoms. The first-order chi connectivity index (χ1) is 20.5. The zero-order valence-electron chi connectivity index (χ0n) is 23.3. The number of rotatable bonds is 13. The van der Waals surface area contributed by atoms with Crippen LogP contribution in [0.4, 0.5) is 0 Å². The van der Waals surface area contributed by atoms with Crippen molar-refractivity contribution in [3.05, 3.63) is 118 Å². The lowest BCUT2D eigenvalue weighted by Gasteiger charge is -2.12. The zero-order valence-corrected chi connectivity index (χ0v) is 24.1. The molecule has 0 aliphatic heterocycles. The quantitative estimate of drug-likeness (QED) is 0.0777. The molecule has 1 N–H and O–H groups in total. The first-order valence-corrected chi connectivity index (χ1v) is 13.9. The van der Waals surface area contributed by atoms with Crippen molar-refractivity contribution < 1.29 is 28.5 Å². The second kappa shape index (κ2) is 15.3. The number of benzene rings is 4. The molecule has 0 aliphatic rings. The number of nitrogens with zero attached hydrogens (tertiary/aromatic N) is 1. The Labute approximate surface area is 249 Å². The van der Waals surface area contributed by atoms with Crippen LogP contribution in [0.25, 0.3) is 0 Å². The summed E-state index contributed by atoms with van der Waals surface area (Å²) < 4.78 is 22.7. The summed E-state index contributed by atoms with van der Waals surface area (Å²) in [6.45, 7) is 5.09. The van der Waals surface area contributed by atoms with Crippen LogP contribution in [0.5, 0.6) is 23.0 Å². The van der Waals surface area contributed by atoms with Gasteiger partial charge in [-0.05, 0) is 91.2 Å². The fraction of sp³-hybridized carbons (Fsp3) is 0.182. The standard InChI is InChI=1S/C33H31ClN2O6/c1-3-19-40-27-16-12-25(13-17-27)33(38)42-30-18-11-24(20-31(30)39-4-2)21-35-36-32(37)28-7-5-6-8-29(28)41-22-23-9-14-26(34)15-10-23/h5-18,20-21H,3-4,19,22H2,1-2H3,(H,36,37)/b35-21+. The first-order valence-electron chi connectivity index (χ1n) is 13.5. The van der Waals surface area contributed by atoms with Crippen molar-refractivity contribution in [2.75, 3.05) is 13.2 Å². The van der Waals surface area contributed by atoms with Gasteiger partial charge in [0.05, 0.1) is 30.6 Å². The minimum atomic E-state index is -0.524. The molecule has 0 saturated heterocycles. The van der Waals surface area contributed by atoms with E-state index in [0.717, 1.165) is 12.0 Å². The van der Waals surface area contributed by atoms with E-state index < -0.39 is 11.9 Å². The number of esters is 1. The SMILES string of the molecule is CCCOc1ccc(C(=O)Oc2ccc(/C=N/NC(=O)c3ccccc3OCc3ccc(Cl)cc3)cc2OCC)cc1. The molecule has 42 heavy (non-hydrogen) atoms. The Morgan fingerprint density at radius 1 is 0.833 bits per heavy atom. The molecule has 8 nitrogen and oxygen atoms in total. The molecule has 0 spiro atoms. The molecular formula is C33H31ClN2O6. The molecule has 0 bridgehead atoms. The average molecular weight is 587 g/mol. The van der Waals surface area contributed by atoms with E-state index in [1.807, 2.05) is 26.0 Å². The number of carbonyl (C=O) groups is 2. The number of halogens is 1. The molecule has 0 radical (unpaired) electrons. The largest absolute Gasteiger partial charge is 0.494 e. The van der Waals surface area contributed by atoms with Gasteiger partial charge in [0.2, 0.25) is 0 Å². The highest BCUT2D eigenvalue weighted by molar-refractivity contribution is 6.30. The normalized spacial score (nSPS) is 10.7. The third-order valence-electron chi connectivity index (χ3n) is 5.85. The van der Waals surface area contributed by atoms with E-state index in [1.54, 1.807) is 78.9 Å². The topological polar surface area (TPSA) is 95.5 Å². The van der Waals surface area contributed by atoms with E-state index in [4.69, 9.17) is 30.5 Å². The fourth-order valence-electron chi connectivity index (χ4n) is 3.77. The number of nitrogens with one attached hydrogen (secondary N) is 1. The molecule has 0 aliphatic carbocycles. The fourth-order valence-corrected chi connectivity index (χ4v) is 3.90. The monoisotopic (exact) mass is 586 g/mol. The van der Waals surface area contributed by atoms with Crippen molar-refractivity contribution in [1.29, 1.82) is 0 Å². The van der Waals surface area contributed by atoms with Crippen molar-refractivity contribution in [3.63, 3.8) is 0 Å². The summed E-state index contributed by atoms with van der Waals surface area (Å²) >= 11 is 5.94. The summed E-state index contributed by atoms with van der Waals surface area (Å²) in [5, 5.41) is 4.72. The predicted molar refractivity (Wildman–Crippen MR) is 162 cm³/mol. The van der Waals surface area contributed by atoms with Gasteiger partial charge >= 0.3 is 5.97 Å². The number of ether oxygens (including phenoxy) is 4. The van der Waals surface area contributed by atoms with E-state index in [2.05, 4.69) is 10.5 Å². The third kappa shape index (κ3) is 8.59. The van der Waals surface area contributed by atoms with Gasteiger partial charge in [0.1, 0.15) is 18.1 Å². The maximum absolute atomic E-state index is 12.9. The van der Waals surface area contributed by atoms with Gasteiger partial charge in [-0.15, -0.1) is 0 Å². The maximum Gasteiger partial charge on any atom is 0.343 e. The molecular weight excluding hydrogens is 556 g/mol. The lowest BCUT2D eigenvalue weighted by Crippen LogP contribution is -2.18. The Bertz CT molecular complexity index is 1520. The molecule has 0 fully saturated rings. The number of hydrazone groups is 1. The Balaban J connectivity index is 1.38. The summed E-state index contributed by atoms with van der Waals surface area (Å²) in [6, 6.07) is 25.9. The number of hydrogen-bond acceptors (Lipinski definition) is 7. The summed E-state index contributed by atoms with van der Waals surface area (Å²) in [6.07, 6.45) is 2.37. The number of carbonyl (C=O) groups excluding carboxylic acids is 2. The minimum absolute atomic E-state index is 0.265. The van der Waals surface area contributed by atoms with Gasteiger partial charge in [0.15, 0.2) is 11.5 Å². The lowest BCUT2D eigenvalue weighted by atomic mass is 10.2. The van der Waals surface area contributed by atoms with Crippen LogP contribution in [0, 0.1) is 0 Å². The van der Waals surface area contributed by atoms with Crippen molar-refractivity contribution in [1.82, 2.24) is 5.43 Å². The molecule has 0 atom stereocenters.